The van der Waals surface area contributed by atoms with Gasteiger partial charge in [-0.1, -0.05) is 18.2 Å². The van der Waals surface area contributed by atoms with E-state index in [9.17, 15) is 4.79 Å². The highest BCUT2D eigenvalue weighted by Crippen LogP contribution is 2.33. The monoisotopic (exact) mass is 324 g/mol. The predicted octanol–water partition coefficient (Wildman–Crippen LogP) is 2.85. The van der Waals surface area contributed by atoms with Gasteiger partial charge >= 0.3 is 0 Å². The third-order valence-corrected chi connectivity index (χ3v) is 4.83. The van der Waals surface area contributed by atoms with E-state index >= 15 is 0 Å². The number of nitrogens with zero attached hydrogens (tertiary/aromatic N) is 1. The molecular weight excluding hydrogens is 300 g/mol. The fourth-order valence-electron chi connectivity index (χ4n) is 3.19. The van der Waals surface area contributed by atoms with Crippen molar-refractivity contribution in [3.8, 4) is 11.1 Å². The van der Waals surface area contributed by atoms with E-state index in [0.717, 1.165) is 12.0 Å². The zero-order chi connectivity index (χ0) is 17.1. The van der Waals surface area contributed by atoms with Gasteiger partial charge in [-0.25, -0.2) is 0 Å². The van der Waals surface area contributed by atoms with Gasteiger partial charge in [-0.3, -0.25) is 4.79 Å². The third-order valence-electron chi connectivity index (χ3n) is 4.83. The first-order valence-corrected chi connectivity index (χ1v) is 8.45. The van der Waals surface area contributed by atoms with Crippen LogP contribution in [0.1, 0.15) is 29.3 Å². The molecule has 0 saturated carbocycles. The number of aliphatic hydroxyl groups is 1. The average Bonchev–Trinajstić information content (AvgIpc) is 2.62. The minimum atomic E-state index is -0.156. The summed E-state index contributed by atoms with van der Waals surface area (Å²) >= 11 is 0. The number of hydrogen-bond donors (Lipinski definition) is 2. The first kappa shape index (κ1) is 16.5. The molecule has 1 aliphatic rings. The summed E-state index contributed by atoms with van der Waals surface area (Å²) in [6.45, 7) is 2.49. The average molecular weight is 324 g/mol. The van der Waals surface area contributed by atoms with Gasteiger partial charge in [0.25, 0.3) is 5.91 Å². The molecule has 4 heteroatoms. The summed E-state index contributed by atoms with van der Waals surface area (Å²) in [5.74, 6) is -0.156. The van der Waals surface area contributed by atoms with E-state index in [0.29, 0.717) is 11.6 Å². The fourth-order valence-corrected chi connectivity index (χ4v) is 3.19. The van der Waals surface area contributed by atoms with Gasteiger partial charge in [0.2, 0.25) is 0 Å². The summed E-state index contributed by atoms with van der Waals surface area (Å²) in [6, 6.07) is 14.8. The Morgan fingerprint density at radius 3 is 2.62 bits per heavy atom. The van der Waals surface area contributed by atoms with Gasteiger partial charge in [-0.15, -0.1) is 0 Å². The molecule has 0 aliphatic carbocycles. The number of nitrogens with one attached hydrogen (secondary N) is 1. The second-order valence-electron chi connectivity index (χ2n) is 6.40. The lowest BCUT2D eigenvalue weighted by atomic mass is 9.93. The summed E-state index contributed by atoms with van der Waals surface area (Å²) < 4.78 is 0. The second-order valence-corrected chi connectivity index (χ2v) is 6.40. The van der Waals surface area contributed by atoms with Gasteiger partial charge in [-0.05, 0) is 60.7 Å². The van der Waals surface area contributed by atoms with Crippen molar-refractivity contribution >= 4 is 11.6 Å². The Morgan fingerprint density at radius 1 is 1.21 bits per heavy atom. The van der Waals surface area contributed by atoms with Gasteiger partial charge < -0.3 is 15.3 Å². The minimum Gasteiger partial charge on any atom is -0.395 e. The number of rotatable bonds is 4. The van der Waals surface area contributed by atoms with Crippen molar-refractivity contribution in [2.24, 2.45) is 0 Å². The number of aryl methyl sites for hydroxylation is 1. The predicted molar refractivity (Wildman–Crippen MR) is 97.5 cm³/mol. The van der Waals surface area contributed by atoms with Crippen LogP contribution in [0.4, 0.5) is 5.69 Å². The molecule has 2 aromatic rings. The molecule has 126 valence electrons. The summed E-state index contributed by atoms with van der Waals surface area (Å²) in [6.07, 6.45) is 2.28. The van der Waals surface area contributed by atoms with E-state index in [2.05, 4.69) is 42.4 Å². The Morgan fingerprint density at radius 2 is 1.92 bits per heavy atom. The van der Waals surface area contributed by atoms with E-state index in [1.807, 2.05) is 24.3 Å². The van der Waals surface area contributed by atoms with Crippen LogP contribution < -0.4 is 10.2 Å². The van der Waals surface area contributed by atoms with Crippen LogP contribution in [-0.2, 0) is 6.42 Å². The van der Waals surface area contributed by atoms with Gasteiger partial charge in [-0.2, -0.15) is 0 Å². The van der Waals surface area contributed by atoms with Crippen LogP contribution in [0.2, 0.25) is 0 Å². The van der Waals surface area contributed by atoms with Crippen LogP contribution in [0.15, 0.2) is 42.5 Å². The van der Waals surface area contributed by atoms with Gasteiger partial charge in [0.15, 0.2) is 0 Å². The standard InChI is InChI=1S/C20H24N2O2/c1-14-3-4-18-13-17(9-10-19(18)22(14)2)15-5-7-16(8-6-15)20(24)21-11-12-23/h5-10,13-14,23H,3-4,11-12H2,1-2H3,(H,21,24)/t14-/m0/s1. The molecule has 0 bridgehead atoms. The van der Waals surface area contributed by atoms with Crippen molar-refractivity contribution in [3.05, 3.63) is 53.6 Å². The van der Waals surface area contributed by atoms with Crippen LogP contribution in [0.3, 0.4) is 0 Å². The van der Waals surface area contributed by atoms with Gasteiger partial charge in [0, 0.05) is 30.9 Å². The molecule has 0 unspecified atom stereocenters. The highest BCUT2D eigenvalue weighted by Gasteiger charge is 2.20. The minimum absolute atomic E-state index is 0.0496. The third kappa shape index (κ3) is 3.29. The lowest BCUT2D eigenvalue weighted by molar-refractivity contribution is 0.0945. The lowest BCUT2D eigenvalue weighted by Crippen LogP contribution is -2.33. The van der Waals surface area contributed by atoms with Crippen LogP contribution in [0.25, 0.3) is 11.1 Å². The highest BCUT2D eigenvalue weighted by atomic mass is 16.3. The maximum atomic E-state index is 11.9. The molecule has 1 heterocycles. The number of fused-ring (bicyclic) bond motifs is 1. The summed E-state index contributed by atoms with van der Waals surface area (Å²) in [7, 11) is 2.15. The maximum absolute atomic E-state index is 11.9. The Bertz CT molecular complexity index is 725. The molecule has 4 nitrogen and oxygen atoms in total. The van der Waals surface area contributed by atoms with Crippen molar-refractivity contribution in [1.82, 2.24) is 5.32 Å². The van der Waals surface area contributed by atoms with Crippen molar-refractivity contribution < 1.29 is 9.90 Å². The number of amides is 1. The van der Waals surface area contributed by atoms with Crippen molar-refractivity contribution in [2.75, 3.05) is 25.1 Å². The van der Waals surface area contributed by atoms with E-state index in [-0.39, 0.29) is 19.1 Å². The van der Waals surface area contributed by atoms with Gasteiger partial charge in [0.05, 0.1) is 6.61 Å². The van der Waals surface area contributed by atoms with Crippen LogP contribution in [0, 0.1) is 0 Å². The van der Waals surface area contributed by atoms with Crippen molar-refractivity contribution in [2.45, 2.75) is 25.8 Å². The molecule has 0 aromatic heterocycles. The Balaban J connectivity index is 1.81. The molecule has 0 fully saturated rings. The number of carbonyl (C=O) groups is 1. The largest absolute Gasteiger partial charge is 0.395 e. The van der Waals surface area contributed by atoms with Gasteiger partial charge in [0.1, 0.15) is 0 Å². The fraction of sp³-hybridized carbons (Fsp3) is 0.350. The molecule has 0 spiro atoms. The smallest absolute Gasteiger partial charge is 0.251 e. The Labute approximate surface area is 143 Å². The zero-order valence-electron chi connectivity index (χ0n) is 14.2. The topological polar surface area (TPSA) is 52.6 Å². The Kier molecular flexibility index (Phi) is 4.86. The molecule has 3 rings (SSSR count). The maximum Gasteiger partial charge on any atom is 0.251 e. The first-order valence-electron chi connectivity index (χ1n) is 8.45. The van der Waals surface area contributed by atoms with Crippen molar-refractivity contribution in [1.29, 1.82) is 0 Å². The molecule has 0 saturated heterocycles. The highest BCUT2D eigenvalue weighted by molar-refractivity contribution is 5.94. The SMILES string of the molecule is C[C@H]1CCc2cc(-c3ccc(C(=O)NCCO)cc3)ccc2N1C. The Hall–Kier alpha value is -2.33. The quantitative estimate of drug-likeness (QED) is 0.909. The zero-order valence-corrected chi connectivity index (χ0v) is 14.2. The van der Waals surface area contributed by atoms with E-state index in [1.54, 1.807) is 0 Å². The summed E-state index contributed by atoms with van der Waals surface area (Å²) in [4.78, 5) is 14.2. The molecule has 1 atom stereocenters. The lowest BCUT2D eigenvalue weighted by Gasteiger charge is -2.34. The number of anilines is 1. The molecular formula is C20H24N2O2. The molecule has 0 radical (unpaired) electrons. The van der Waals surface area contributed by atoms with Crippen LogP contribution >= 0.6 is 0 Å². The number of aliphatic hydroxyl groups excluding tert-OH is 1. The first-order chi connectivity index (χ1) is 11.6. The number of carbonyl (C=O) groups excluding carboxylic acids is 1. The molecule has 24 heavy (non-hydrogen) atoms. The summed E-state index contributed by atoms with van der Waals surface area (Å²) in [5, 5.41) is 11.4. The van der Waals surface area contributed by atoms with E-state index in [4.69, 9.17) is 5.11 Å². The van der Waals surface area contributed by atoms with E-state index < -0.39 is 0 Å². The molecule has 2 N–H and O–H groups in total. The molecule has 1 amide bonds. The normalized spacial score (nSPS) is 16.6. The van der Waals surface area contributed by atoms with Crippen LogP contribution in [-0.4, -0.2) is 37.3 Å². The molecule has 2 aromatic carbocycles. The number of benzene rings is 2. The molecule has 1 aliphatic heterocycles. The van der Waals surface area contributed by atoms with E-state index in [1.165, 1.54) is 23.2 Å². The summed E-state index contributed by atoms with van der Waals surface area (Å²) in [5.41, 5.74) is 5.60. The van der Waals surface area contributed by atoms with Crippen LogP contribution in [0.5, 0.6) is 0 Å². The van der Waals surface area contributed by atoms with Crippen molar-refractivity contribution in [3.63, 3.8) is 0 Å². The number of hydrogen-bond acceptors (Lipinski definition) is 3. The second kappa shape index (κ2) is 7.05.